The maximum atomic E-state index is 12.5. The van der Waals surface area contributed by atoms with Crippen LogP contribution in [0.1, 0.15) is 5.56 Å². The van der Waals surface area contributed by atoms with Crippen molar-refractivity contribution in [2.24, 2.45) is 5.16 Å². The van der Waals surface area contributed by atoms with Crippen LogP contribution in [0.5, 0.6) is 0 Å². The van der Waals surface area contributed by atoms with E-state index in [1.54, 1.807) is 0 Å². The van der Waals surface area contributed by atoms with Gasteiger partial charge in [-0.1, -0.05) is 21.1 Å². The zero-order valence-electron chi connectivity index (χ0n) is 5.46. The Balaban J connectivity index is 3.09. The molecule has 1 rings (SSSR count). The highest BCUT2D eigenvalue weighted by Crippen LogP contribution is 2.15. The van der Waals surface area contributed by atoms with Crippen molar-refractivity contribution in [3.63, 3.8) is 0 Å². The van der Waals surface area contributed by atoms with Gasteiger partial charge in [0.15, 0.2) is 0 Å². The van der Waals surface area contributed by atoms with E-state index in [2.05, 4.69) is 21.1 Å². The molecule has 58 valence electrons. The van der Waals surface area contributed by atoms with Crippen LogP contribution < -0.4 is 0 Å². The Morgan fingerprint density at radius 2 is 2.27 bits per heavy atom. The summed E-state index contributed by atoms with van der Waals surface area (Å²) in [4.78, 5) is 0. The number of hydrogen-bond acceptors (Lipinski definition) is 2. The molecule has 0 atom stereocenters. The highest BCUT2D eigenvalue weighted by molar-refractivity contribution is 9.10. The lowest BCUT2D eigenvalue weighted by Gasteiger charge is -1.95. The van der Waals surface area contributed by atoms with Crippen LogP contribution in [0.15, 0.2) is 27.8 Å². The molecule has 2 nitrogen and oxygen atoms in total. The minimum atomic E-state index is -0.327. The highest BCUT2D eigenvalue weighted by Gasteiger charge is 1.97. The fourth-order valence-electron chi connectivity index (χ4n) is 0.668. The first-order chi connectivity index (χ1) is 5.24. The van der Waals surface area contributed by atoms with Gasteiger partial charge in [-0.05, 0) is 18.2 Å². The van der Waals surface area contributed by atoms with E-state index in [-0.39, 0.29) is 5.82 Å². The molecular weight excluding hydrogens is 213 g/mol. The average molecular weight is 218 g/mol. The van der Waals surface area contributed by atoms with Gasteiger partial charge in [0, 0.05) is 10.0 Å². The molecule has 0 aliphatic heterocycles. The van der Waals surface area contributed by atoms with Gasteiger partial charge >= 0.3 is 0 Å². The normalized spacial score (nSPS) is 10.7. The Morgan fingerprint density at radius 1 is 1.55 bits per heavy atom. The summed E-state index contributed by atoms with van der Waals surface area (Å²) < 4.78 is 13.0. The summed E-state index contributed by atoms with van der Waals surface area (Å²) in [6.45, 7) is 0. The van der Waals surface area contributed by atoms with Gasteiger partial charge in [-0.25, -0.2) is 4.39 Å². The first kappa shape index (κ1) is 8.20. The lowest BCUT2D eigenvalue weighted by Crippen LogP contribution is -1.84. The van der Waals surface area contributed by atoms with Gasteiger partial charge in [-0.15, -0.1) is 0 Å². The van der Waals surface area contributed by atoms with E-state index < -0.39 is 0 Å². The Hall–Kier alpha value is -0.900. The summed E-state index contributed by atoms with van der Waals surface area (Å²) in [6.07, 6.45) is 1.23. The smallest absolute Gasteiger partial charge is 0.124 e. The molecule has 0 saturated heterocycles. The number of rotatable bonds is 1. The summed E-state index contributed by atoms with van der Waals surface area (Å²) >= 11 is 3.11. The van der Waals surface area contributed by atoms with Gasteiger partial charge in [0.2, 0.25) is 0 Å². The standard InChI is InChI=1S/C7H5BrFNO/c8-7-3-6(9)2-1-5(7)4-10-11/h1-4,11H/b10-4-. The molecule has 0 fully saturated rings. The average Bonchev–Trinajstić information content (AvgIpc) is 1.95. The second-order valence-electron chi connectivity index (χ2n) is 1.91. The fourth-order valence-corrected chi connectivity index (χ4v) is 1.12. The van der Waals surface area contributed by atoms with E-state index in [4.69, 9.17) is 5.21 Å². The SMILES string of the molecule is O/N=C\c1ccc(F)cc1Br. The van der Waals surface area contributed by atoms with Gasteiger partial charge < -0.3 is 5.21 Å². The maximum Gasteiger partial charge on any atom is 0.124 e. The molecule has 1 N–H and O–H groups in total. The van der Waals surface area contributed by atoms with Crippen LogP contribution in [0.4, 0.5) is 4.39 Å². The largest absolute Gasteiger partial charge is 0.411 e. The molecule has 0 amide bonds. The van der Waals surface area contributed by atoms with E-state index in [1.807, 2.05) is 0 Å². The minimum Gasteiger partial charge on any atom is -0.411 e. The van der Waals surface area contributed by atoms with Crippen LogP contribution in [0.2, 0.25) is 0 Å². The summed E-state index contributed by atoms with van der Waals surface area (Å²) in [6, 6.07) is 4.11. The molecule has 0 radical (unpaired) electrons. The Labute approximate surface area is 71.5 Å². The minimum absolute atomic E-state index is 0.327. The lowest BCUT2D eigenvalue weighted by atomic mass is 10.2. The van der Waals surface area contributed by atoms with Crippen LogP contribution in [-0.2, 0) is 0 Å². The monoisotopic (exact) mass is 217 g/mol. The molecule has 1 aromatic rings. The van der Waals surface area contributed by atoms with Crippen molar-refractivity contribution in [3.05, 3.63) is 34.1 Å². The lowest BCUT2D eigenvalue weighted by molar-refractivity contribution is 0.322. The van der Waals surface area contributed by atoms with Crippen molar-refractivity contribution in [2.75, 3.05) is 0 Å². The number of benzene rings is 1. The number of oxime groups is 1. The summed E-state index contributed by atoms with van der Waals surface area (Å²) in [5, 5.41) is 11.0. The van der Waals surface area contributed by atoms with Crippen molar-refractivity contribution in [1.82, 2.24) is 0 Å². The van der Waals surface area contributed by atoms with Crippen LogP contribution in [-0.4, -0.2) is 11.4 Å². The molecule has 4 heteroatoms. The molecule has 0 aliphatic rings. The van der Waals surface area contributed by atoms with Crippen molar-refractivity contribution in [3.8, 4) is 0 Å². The highest BCUT2D eigenvalue weighted by atomic mass is 79.9. The number of halogens is 2. The molecular formula is C7H5BrFNO. The predicted octanol–water partition coefficient (Wildman–Crippen LogP) is 2.40. The van der Waals surface area contributed by atoms with E-state index in [0.717, 1.165) is 0 Å². The van der Waals surface area contributed by atoms with Gasteiger partial charge in [-0.3, -0.25) is 0 Å². The second kappa shape index (κ2) is 3.48. The van der Waals surface area contributed by atoms with Gasteiger partial charge in [0.25, 0.3) is 0 Å². The quantitative estimate of drug-likeness (QED) is 0.438. The summed E-state index contributed by atoms with van der Waals surface area (Å²) in [7, 11) is 0. The van der Waals surface area contributed by atoms with E-state index in [1.165, 1.54) is 24.4 Å². The molecule has 1 aromatic carbocycles. The first-order valence-electron chi connectivity index (χ1n) is 2.86. The van der Waals surface area contributed by atoms with Gasteiger partial charge in [-0.2, -0.15) is 0 Å². The predicted molar refractivity (Wildman–Crippen MR) is 43.5 cm³/mol. The topological polar surface area (TPSA) is 32.6 Å². The van der Waals surface area contributed by atoms with Gasteiger partial charge in [0.1, 0.15) is 5.82 Å². The Morgan fingerprint density at radius 3 is 2.82 bits per heavy atom. The van der Waals surface area contributed by atoms with Crippen LogP contribution in [0, 0.1) is 5.82 Å². The van der Waals surface area contributed by atoms with Crippen LogP contribution in [0.25, 0.3) is 0 Å². The fraction of sp³-hybridized carbons (Fsp3) is 0. The van der Waals surface area contributed by atoms with Crippen molar-refractivity contribution in [2.45, 2.75) is 0 Å². The third-order valence-corrected chi connectivity index (χ3v) is 1.85. The zero-order valence-corrected chi connectivity index (χ0v) is 7.05. The first-order valence-corrected chi connectivity index (χ1v) is 3.66. The number of hydrogen-bond donors (Lipinski definition) is 1. The summed E-state index contributed by atoms with van der Waals surface area (Å²) in [5.41, 5.74) is 0.633. The second-order valence-corrected chi connectivity index (χ2v) is 2.76. The molecule has 0 bridgehead atoms. The molecule has 11 heavy (non-hydrogen) atoms. The molecule has 0 aromatic heterocycles. The van der Waals surface area contributed by atoms with Crippen molar-refractivity contribution in [1.29, 1.82) is 0 Å². The van der Waals surface area contributed by atoms with Crippen molar-refractivity contribution >= 4 is 22.1 Å². The van der Waals surface area contributed by atoms with E-state index in [0.29, 0.717) is 10.0 Å². The van der Waals surface area contributed by atoms with Crippen molar-refractivity contribution < 1.29 is 9.60 Å². The molecule has 0 unspecified atom stereocenters. The van der Waals surface area contributed by atoms with E-state index in [9.17, 15) is 4.39 Å². The number of nitrogens with zero attached hydrogens (tertiary/aromatic N) is 1. The Kier molecular flexibility index (Phi) is 2.59. The Bertz CT molecular complexity index is 288. The molecule has 0 saturated carbocycles. The zero-order chi connectivity index (χ0) is 8.27. The molecule has 0 heterocycles. The van der Waals surface area contributed by atoms with E-state index >= 15 is 0 Å². The molecule has 0 aliphatic carbocycles. The summed E-state index contributed by atoms with van der Waals surface area (Å²) in [5.74, 6) is -0.327. The molecule has 0 spiro atoms. The third-order valence-electron chi connectivity index (χ3n) is 1.16. The van der Waals surface area contributed by atoms with Crippen LogP contribution in [0.3, 0.4) is 0 Å². The van der Waals surface area contributed by atoms with Crippen LogP contribution >= 0.6 is 15.9 Å². The van der Waals surface area contributed by atoms with Gasteiger partial charge in [0.05, 0.1) is 6.21 Å². The third kappa shape index (κ3) is 2.01. The maximum absolute atomic E-state index is 12.5.